The molecule has 0 unspecified atom stereocenters. The van der Waals surface area contributed by atoms with Crippen LogP contribution in [0.15, 0.2) is 30.3 Å². The summed E-state index contributed by atoms with van der Waals surface area (Å²) in [5.41, 5.74) is 0.946. The van der Waals surface area contributed by atoms with Crippen molar-refractivity contribution in [3.63, 3.8) is 0 Å². The molecule has 2 aromatic carbocycles. The molecule has 2 aliphatic carbocycles. The number of aromatic hydroxyl groups is 3. The molecule has 1 fully saturated rings. The van der Waals surface area contributed by atoms with E-state index in [1.165, 1.54) is 0 Å². The summed E-state index contributed by atoms with van der Waals surface area (Å²) in [5, 5.41) is 42.0. The van der Waals surface area contributed by atoms with Crippen LogP contribution in [0, 0.1) is 0 Å². The lowest BCUT2D eigenvalue weighted by atomic mass is 9.60. The zero-order valence-electron chi connectivity index (χ0n) is 14.4. The molecule has 5 nitrogen and oxygen atoms in total. The first kappa shape index (κ1) is 15.8. The Bertz CT molecular complexity index is 900. The van der Waals surface area contributed by atoms with Crippen molar-refractivity contribution in [1.82, 2.24) is 0 Å². The van der Waals surface area contributed by atoms with Crippen molar-refractivity contribution < 1.29 is 25.2 Å². The molecule has 4 N–H and O–H groups in total. The first-order valence-electron chi connectivity index (χ1n) is 9.21. The van der Waals surface area contributed by atoms with E-state index in [4.69, 9.17) is 4.74 Å². The van der Waals surface area contributed by atoms with Crippen molar-refractivity contribution >= 4 is 0 Å². The Morgan fingerprint density at radius 2 is 1.62 bits per heavy atom. The van der Waals surface area contributed by atoms with Gasteiger partial charge in [-0.2, -0.15) is 0 Å². The molecule has 2 atom stereocenters. The summed E-state index contributed by atoms with van der Waals surface area (Å²) >= 11 is 0. The number of phenolic OH excluding ortho intramolecular Hbond substituents is 3. The lowest BCUT2D eigenvalue weighted by Crippen LogP contribution is -2.57. The van der Waals surface area contributed by atoms with E-state index < -0.39 is 11.0 Å². The molecule has 1 spiro atoms. The monoisotopic (exact) mass is 354 g/mol. The summed E-state index contributed by atoms with van der Waals surface area (Å²) in [6.07, 6.45) is 4.81. The predicted molar refractivity (Wildman–Crippen MR) is 94.9 cm³/mol. The lowest BCUT2D eigenvalue weighted by molar-refractivity contribution is -0.0940. The van der Waals surface area contributed by atoms with Crippen LogP contribution in [-0.4, -0.2) is 32.6 Å². The third kappa shape index (κ3) is 1.79. The number of benzene rings is 2. The highest BCUT2D eigenvalue weighted by Gasteiger charge is 2.64. The van der Waals surface area contributed by atoms with Crippen molar-refractivity contribution in [1.29, 1.82) is 0 Å². The van der Waals surface area contributed by atoms with E-state index in [0.29, 0.717) is 5.75 Å². The molecule has 0 amide bonds. The van der Waals surface area contributed by atoms with E-state index in [0.717, 1.165) is 48.8 Å². The molecule has 0 bridgehead atoms. The SMILES string of the molecule is Oc1ccc2c(c1)OC[C@@]1(O)[C@@H]2c2cc(O)c(O)cc2C12CCCCC2. The number of hydrogen-bond acceptors (Lipinski definition) is 5. The van der Waals surface area contributed by atoms with E-state index in [2.05, 4.69) is 0 Å². The van der Waals surface area contributed by atoms with Gasteiger partial charge in [0.2, 0.25) is 0 Å². The number of rotatable bonds is 0. The molecule has 0 radical (unpaired) electrons. The minimum atomic E-state index is -1.14. The second-order valence-electron chi connectivity index (χ2n) is 7.94. The Morgan fingerprint density at radius 3 is 2.38 bits per heavy atom. The van der Waals surface area contributed by atoms with Crippen molar-refractivity contribution in [2.24, 2.45) is 0 Å². The van der Waals surface area contributed by atoms with Gasteiger partial charge >= 0.3 is 0 Å². The van der Waals surface area contributed by atoms with Gasteiger partial charge in [0.05, 0.1) is 0 Å². The Labute approximate surface area is 151 Å². The van der Waals surface area contributed by atoms with Gasteiger partial charge in [0.15, 0.2) is 11.5 Å². The fourth-order valence-electron chi connectivity index (χ4n) is 5.59. The van der Waals surface area contributed by atoms with Gasteiger partial charge in [-0.15, -0.1) is 0 Å². The second-order valence-corrected chi connectivity index (χ2v) is 7.94. The topological polar surface area (TPSA) is 90.2 Å². The van der Waals surface area contributed by atoms with E-state index in [9.17, 15) is 20.4 Å². The van der Waals surface area contributed by atoms with E-state index >= 15 is 0 Å². The van der Waals surface area contributed by atoms with Crippen LogP contribution >= 0.6 is 0 Å². The fourth-order valence-corrected chi connectivity index (χ4v) is 5.59. The molecular formula is C21H22O5. The van der Waals surface area contributed by atoms with Crippen LogP contribution < -0.4 is 4.74 Å². The van der Waals surface area contributed by atoms with Crippen molar-refractivity contribution in [2.75, 3.05) is 6.61 Å². The summed E-state index contributed by atoms with van der Waals surface area (Å²) in [5.74, 6) is -0.000541. The average Bonchev–Trinajstić information content (AvgIpc) is 2.82. The van der Waals surface area contributed by atoms with Gasteiger partial charge in [0.1, 0.15) is 23.7 Å². The van der Waals surface area contributed by atoms with E-state index in [1.54, 1.807) is 30.3 Å². The number of phenols is 3. The van der Waals surface area contributed by atoms with Crippen LogP contribution in [0.2, 0.25) is 0 Å². The highest BCUT2D eigenvalue weighted by atomic mass is 16.5. The summed E-state index contributed by atoms with van der Waals surface area (Å²) in [6.45, 7) is 0.129. The Balaban J connectivity index is 1.81. The number of hydrogen-bond donors (Lipinski definition) is 4. The predicted octanol–water partition coefficient (Wildman–Crippen LogP) is 3.27. The molecule has 5 heteroatoms. The maximum absolute atomic E-state index is 12.0. The fraction of sp³-hybridized carbons (Fsp3) is 0.429. The van der Waals surface area contributed by atoms with Gasteiger partial charge < -0.3 is 25.2 Å². The van der Waals surface area contributed by atoms with Crippen LogP contribution in [-0.2, 0) is 5.41 Å². The zero-order valence-corrected chi connectivity index (χ0v) is 14.4. The molecular weight excluding hydrogens is 332 g/mol. The van der Waals surface area contributed by atoms with Gasteiger partial charge in [0, 0.05) is 23.0 Å². The van der Waals surface area contributed by atoms with E-state index in [1.807, 2.05) is 0 Å². The maximum atomic E-state index is 12.0. The minimum Gasteiger partial charge on any atom is -0.508 e. The van der Waals surface area contributed by atoms with Gasteiger partial charge in [-0.25, -0.2) is 0 Å². The number of aliphatic hydroxyl groups is 1. The van der Waals surface area contributed by atoms with Crippen LogP contribution in [0.1, 0.15) is 54.7 Å². The largest absolute Gasteiger partial charge is 0.508 e. The van der Waals surface area contributed by atoms with Crippen molar-refractivity contribution in [3.8, 4) is 23.0 Å². The van der Waals surface area contributed by atoms with Gasteiger partial charge in [0.25, 0.3) is 0 Å². The second kappa shape index (κ2) is 5.07. The number of ether oxygens (including phenoxy) is 1. The molecule has 5 rings (SSSR count). The average molecular weight is 354 g/mol. The summed E-state index contributed by atoms with van der Waals surface area (Å²) < 4.78 is 5.91. The van der Waals surface area contributed by atoms with Crippen molar-refractivity contribution in [3.05, 3.63) is 47.0 Å². The summed E-state index contributed by atoms with van der Waals surface area (Å²) in [6, 6.07) is 8.17. The number of fused-ring (bicyclic) bond motifs is 7. The lowest BCUT2D eigenvalue weighted by Gasteiger charge is -2.49. The Morgan fingerprint density at radius 1 is 0.885 bits per heavy atom. The van der Waals surface area contributed by atoms with Crippen molar-refractivity contribution in [2.45, 2.75) is 49.0 Å². The van der Waals surface area contributed by atoms with E-state index in [-0.39, 0.29) is 29.8 Å². The Hall–Kier alpha value is -2.40. The van der Waals surface area contributed by atoms with Crippen LogP contribution in [0.4, 0.5) is 0 Å². The molecule has 1 heterocycles. The smallest absolute Gasteiger partial charge is 0.157 e. The molecule has 26 heavy (non-hydrogen) atoms. The highest BCUT2D eigenvalue weighted by molar-refractivity contribution is 5.62. The molecule has 1 saturated carbocycles. The van der Waals surface area contributed by atoms with Gasteiger partial charge in [-0.3, -0.25) is 0 Å². The maximum Gasteiger partial charge on any atom is 0.157 e. The van der Waals surface area contributed by atoms with Crippen LogP contribution in [0.25, 0.3) is 0 Å². The van der Waals surface area contributed by atoms with Gasteiger partial charge in [-0.05, 0) is 42.2 Å². The molecule has 0 saturated heterocycles. The highest BCUT2D eigenvalue weighted by Crippen LogP contribution is 2.64. The van der Waals surface area contributed by atoms with Crippen LogP contribution in [0.5, 0.6) is 23.0 Å². The minimum absolute atomic E-state index is 0.119. The first-order chi connectivity index (χ1) is 12.5. The van der Waals surface area contributed by atoms with Gasteiger partial charge in [-0.1, -0.05) is 25.3 Å². The third-order valence-electron chi connectivity index (χ3n) is 6.74. The molecule has 136 valence electrons. The molecule has 2 aromatic rings. The zero-order chi connectivity index (χ0) is 18.1. The molecule has 1 aliphatic heterocycles. The Kier molecular flexibility index (Phi) is 3.09. The molecule has 3 aliphatic rings. The summed E-state index contributed by atoms with van der Waals surface area (Å²) in [7, 11) is 0. The third-order valence-corrected chi connectivity index (χ3v) is 6.74. The summed E-state index contributed by atoms with van der Waals surface area (Å²) in [4.78, 5) is 0. The normalized spacial score (nSPS) is 28.1. The molecule has 0 aromatic heterocycles. The van der Waals surface area contributed by atoms with Crippen LogP contribution in [0.3, 0.4) is 0 Å². The first-order valence-corrected chi connectivity index (χ1v) is 9.21. The standard InChI is InChI=1S/C21H22O5/c22-12-4-5-13-18(8-12)26-11-21(25)19(13)14-9-16(23)17(24)10-15(14)20(21)6-2-1-3-7-20/h4-5,8-10,19,22-25H,1-3,6-7,11H2/t19-,21+/m0/s1. The quantitative estimate of drug-likeness (QED) is 0.545.